The Morgan fingerprint density at radius 1 is 1.33 bits per heavy atom. The van der Waals surface area contributed by atoms with Gasteiger partial charge in [0.1, 0.15) is 0 Å². The van der Waals surface area contributed by atoms with Crippen LogP contribution >= 0.6 is 11.6 Å². The van der Waals surface area contributed by atoms with E-state index in [9.17, 15) is 0 Å². The molecule has 15 heavy (non-hydrogen) atoms. The van der Waals surface area contributed by atoms with Crippen molar-refractivity contribution in [1.29, 1.82) is 0 Å². The van der Waals surface area contributed by atoms with Crippen molar-refractivity contribution in [3.8, 4) is 0 Å². The zero-order valence-corrected chi connectivity index (χ0v) is 9.02. The van der Waals surface area contributed by atoms with Crippen molar-refractivity contribution < 1.29 is 0 Å². The normalized spacial score (nSPS) is 12.7. The number of aryl methyl sites for hydroxylation is 1. The van der Waals surface area contributed by atoms with Crippen LogP contribution in [0.3, 0.4) is 0 Å². The minimum Gasteiger partial charge on any atom is -0.318 e. The zero-order valence-electron chi connectivity index (χ0n) is 8.26. The SMILES string of the molecule is Cn1ccc(C(N)c2ccc(Cl)cn2)n1. The number of hydrogen-bond donors (Lipinski definition) is 1. The zero-order chi connectivity index (χ0) is 10.8. The minimum absolute atomic E-state index is 0.302. The molecule has 0 amide bonds. The average molecular weight is 223 g/mol. The van der Waals surface area contributed by atoms with Gasteiger partial charge in [-0.05, 0) is 18.2 Å². The van der Waals surface area contributed by atoms with Crippen molar-refractivity contribution >= 4 is 11.6 Å². The Labute approximate surface area is 92.7 Å². The topological polar surface area (TPSA) is 56.7 Å². The third kappa shape index (κ3) is 2.16. The molecule has 4 nitrogen and oxygen atoms in total. The number of rotatable bonds is 2. The van der Waals surface area contributed by atoms with Gasteiger partial charge < -0.3 is 5.73 Å². The maximum Gasteiger partial charge on any atom is 0.0918 e. The highest BCUT2D eigenvalue weighted by molar-refractivity contribution is 6.30. The first-order valence-electron chi connectivity index (χ1n) is 4.53. The Balaban J connectivity index is 2.28. The van der Waals surface area contributed by atoms with E-state index in [-0.39, 0.29) is 6.04 Å². The molecule has 5 heteroatoms. The van der Waals surface area contributed by atoms with E-state index in [1.54, 1.807) is 16.9 Å². The predicted molar refractivity (Wildman–Crippen MR) is 58.5 cm³/mol. The van der Waals surface area contributed by atoms with Crippen molar-refractivity contribution in [2.24, 2.45) is 12.8 Å². The van der Waals surface area contributed by atoms with E-state index in [4.69, 9.17) is 17.3 Å². The maximum atomic E-state index is 6.00. The summed E-state index contributed by atoms with van der Waals surface area (Å²) in [6.45, 7) is 0. The molecule has 1 atom stereocenters. The molecule has 0 aliphatic heterocycles. The molecule has 0 radical (unpaired) electrons. The number of pyridine rings is 1. The summed E-state index contributed by atoms with van der Waals surface area (Å²) in [7, 11) is 1.85. The first-order valence-corrected chi connectivity index (χ1v) is 4.91. The van der Waals surface area contributed by atoms with Gasteiger partial charge in [-0.3, -0.25) is 9.67 Å². The lowest BCUT2D eigenvalue weighted by atomic mass is 10.1. The van der Waals surface area contributed by atoms with Crippen LogP contribution < -0.4 is 5.73 Å². The molecule has 78 valence electrons. The second-order valence-electron chi connectivity index (χ2n) is 3.29. The highest BCUT2D eigenvalue weighted by Crippen LogP contribution is 2.16. The van der Waals surface area contributed by atoms with E-state index in [1.165, 1.54) is 0 Å². The maximum absolute atomic E-state index is 6.00. The molecular weight excluding hydrogens is 212 g/mol. The van der Waals surface area contributed by atoms with Crippen LogP contribution in [0, 0.1) is 0 Å². The number of aromatic nitrogens is 3. The fourth-order valence-corrected chi connectivity index (χ4v) is 1.43. The van der Waals surface area contributed by atoms with Gasteiger partial charge in [0.2, 0.25) is 0 Å². The quantitative estimate of drug-likeness (QED) is 0.838. The lowest BCUT2D eigenvalue weighted by molar-refractivity contribution is 0.707. The number of hydrogen-bond acceptors (Lipinski definition) is 3. The first kappa shape index (κ1) is 10.1. The molecule has 0 aromatic carbocycles. The molecule has 2 heterocycles. The highest BCUT2D eigenvalue weighted by Gasteiger charge is 2.12. The van der Waals surface area contributed by atoms with Gasteiger partial charge in [-0.25, -0.2) is 0 Å². The molecule has 0 saturated heterocycles. The Hall–Kier alpha value is -1.39. The van der Waals surface area contributed by atoms with Gasteiger partial charge >= 0.3 is 0 Å². The minimum atomic E-state index is -0.302. The van der Waals surface area contributed by atoms with E-state index in [0.717, 1.165) is 11.4 Å². The van der Waals surface area contributed by atoms with E-state index < -0.39 is 0 Å². The Morgan fingerprint density at radius 3 is 2.67 bits per heavy atom. The summed E-state index contributed by atoms with van der Waals surface area (Å²) in [5.41, 5.74) is 7.56. The molecule has 2 aromatic heterocycles. The summed E-state index contributed by atoms with van der Waals surface area (Å²) in [5, 5.41) is 4.83. The van der Waals surface area contributed by atoms with Gasteiger partial charge in [0.25, 0.3) is 0 Å². The van der Waals surface area contributed by atoms with Gasteiger partial charge in [-0.1, -0.05) is 11.6 Å². The van der Waals surface area contributed by atoms with Crippen molar-refractivity contribution in [3.63, 3.8) is 0 Å². The number of nitrogens with two attached hydrogens (primary N) is 1. The molecule has 0 fully saturated rings. The van der Waals surface area contributed by atoms with E-state index in [0.29, 0.717) is 5.02 Å². The molecule has 2 N–H and O–H groups in total. The summed E-state index contributed by atoms with van der Waals surface area (Å²) < 4.78 is 1.71. The summed E-state index contributed by atoms with van der Waals surface area (Å²) in [4.78, 5) is 4.16. The molecular formula is C10H11ClN4. The summed E-state index contributed by atoms with van der Waals surface area (Å²) in [6, 6.07) is 5.15. The van der Waals surface area contributed by atoms with Gasteiger partial charge in [-0.2, -0.15) is 5.10 Å². The lowest BCUT2D eigenvalue weighted by Gasteiger charge is -2.07. The summed E-state index contributed by atoms with van der Waals surface area (Å²) in [6.07, 6.45) is 3.44. The molecule has 0 aliphatic carbocycles. The molecule has 2 rings (SSSR count). The Kier molecular flexibility index (Phi) is 2.70. The van der Waals surface area contributed by atoms with Crippen LogP contribution in [-0.2, 0) is 7.05 Å². The van der Waals surface area contributed by atoms with Crippen molar-refractivity contribution in [2.75, 3.05) is 0 Å². The van der Waals surface area contributed by atoms with Crippen LogP contribution in [0.2, 0.25) is 5.02 Å². The molecule has 0 spiro atoms. The van der Waals surface area contributed by atoms with E-state index in [1.807, 2.05) is 25.4 Å². The second kappa shape index (κ2) is 4.00. The number of nitrogens with zero attached hydrogens (tertiary/aromatic N) is 3. The first-order chi connectivity index (χ1) is 7.16. The van der Waals surface area contributed by atoms with E-state index >= 15 is 0 Å². The number of halogens is 1. The monoisotopic (exact) mass is 222 g/mol. The van der Waals surface area contributed by atoms with Gasteiger partial charge in [-0.15, -0.1) is 0 Å². The van der Waals surface area contributed by atoms with Crippen LogP contribution in [0.4, 0.5) is 0 Å². The van der Waals surface area contributed by atoms with Crippen LogP contribution in [0.25, 0.3) is 0 Å². The average Bonchev–Trinajstić information content (AvgIpc) is 2.65. The fourth-order valence-electron chi connectivity index (χ4n) is 1.32. The van der Waals surface area contributed by atoms with Crippen LogP contribution in [-0.4, -0.2) is 14.8 Å². The summed E-state index contributed by atoms with van der Waals surface area (Å²) in [5.74, 6) is 0. The molecule has 2 aromatic rings. The third-order valence-electron chi connectivity index (χ3n) is 2.12. The van der Waals surface area contributed by atoms with Gasteiger partial charge in [0.05, 0.1) is 22.5 Å². The Morgan fingerprint density at radius 2 is 2.13 bits per heavy atom. The fraction of sp³-hybridized carbons (Fsp3) is 0.200. The van der Waals surface area contributed by atoms with Gasteiger partial charge in [0, 0.05) is 19.4 Å². The second-order valence-corrected chi connectivity index (χ2v) is 3.73. The smallest absolute Gasteiger partial charge is 0.0918 e. The molecule has 0 saturated carbocycles. The van der Waals surface area contributed by atoms with Crippen LogP contribution in [0.15, 0.2) is 30.6 Å². The third-order valence-corrected chi connectivity index (χ3v) is 2.35. The highest BCUT2D eigenvalue weighted by atomic mass is 35.5. The standard InChI is InChI=1S/C10H11ClN4/c1-15-5-4-9(14-15)10(12)8-3-2-7(11)6-13-8/h2-6,10H,12H2,1H3. The van der Waals surface area contributed by atoms with Crippen LogP contribution in [0.1, 0.15) is 17.4 Å². The van der Waals surface area contributed by atoms with Crippen molar-refractivity contribution in [1.82, 2.24) is 14.8 Å². The largest absolute Gasteiger partial charge is 0.318 e. The lowest BCUT2D eigenvalue weighted by Crippen LogP contribution is -2.14. The Bertz CT molecular complexity index is 449. The molecule has 0 bridgehead atoms. The van der Waals surface area contributed by atoms with Crippen molar-refractivity contribution in [3.05, 3.63) is 47.0 Å². The molecule has 0 aliphatic rings. The van der Waals surface area contributed by atoms with E-state index in [2.05, 4.69) is 10.1 Å². The summed E-state index contributed by atoms with van der Waals surface area (Å²) >= 11 is 5.74. The predicted octanol–water partition coefficient (Wildman–Crippen LogP) is 1.52. The molecule has 1 unspecified atom stereocenters. The van der Waals surface area contributed by atoms with Gasteiger partial charge in [0.15, 0.2) is 0 Å². The van der Waals surface area contributed by atoms with Crippen molar-refractivity contribution in [2.45, 2.75) is 6.04 Å². The van der Waals surface area contributed by atoms with Crippen LogP contribution in [0.5, 0.6) is 0 Å².